The van der Waals surface area contributed by atoms with Crippen LogP contribution in [0.5, 0.6) is 5.75 Å². The number of anilines is 2. The van der Waals surface area contributed by atoms with E-state index in [1.165, 1.54) is 37.6 Å². The van der Waals surface area contributed by atoms with Gasteiger partial charge in [-0.3, -0.25) is 19.3 Å². The van der Waals surface area contributed by atoms with Crippen LogP contribution in [0.15, 0.2) is 78.0 Å². The Hall–Kier alpha value is -3.92. The molecule has 2 aromatic carbocycles. The van der Waals surface area contributed by atoms with Crippen molar-refractivity contribution in [1.82, 2.24) is 10.3 Å². The van der Waals surface area contributed by atoms with Gasteiger partial charge in [-0.05, 0) is 54.6 Å². The third-order valence-corrected chi connectivity index (χ3v) is 5.48. The second-order valence-electron chi connectivity index (χ2n) is 6.33. The van der Waals surface area contributed by atoms with Crippen molar-refractivity contribution >= 4 is 33.2 Å². The highest BCUT2D eigenvalue weighted by atomic mass is 32.2. The number of methoxy groups -OCH3 is 1. The first-order chi connectivity index (χ1) is 14.9. The van der Waals surface area contributed by atoms with Crippen LogP contribution in [0.3, 0.4) is 0 Å². The molecule has 0 saturated heterocycles. The maximum absolute atomic E-state index is 12.7. The number of benzene rings is 2. The minimum Gasteiger partial charge on any atom is -0.497 e. The number of amides is 2. The smallest absolute Gasteiger partial charge is 0.261 e. The summed E-state index contributed by atoms with van der Waals surface area (Å²) < 4.78 is 32.8. The molecular weight excluding hydrogens is 420 g/mol. The maximum atomic E-state index is 12.7. The van der Waals surface area contributed by atoms with Crippen molar-refractivity contribution < 1.29 is 22.7 Å². The predicted molar refractivity (Wildman–Crippen MR) is 115 cm³/mol. The Morgan fingerprint density at radius 2 is 1.77 bits per heavy atom. The van der Waals surface area contributed by atoms with Gasteiger partial charge in [0.2, 0.25) is 5.91 Å². The summed E-state index contributed by atoms with van der Waals surface area (Å²) in [5.74, 6) is -0.427. The molecule has 160 valence electrons. The number of ether oxygens (including phenoxy) is 1. The number of carbonyl (C=O) groups excluding carboxylic acids is 2. The standard InChI is InChI=1S/C21H20N4O5S/c1-30-18-9-7-16(8-10-18)25-31(28,29)19-6-2-4-15(12-19)21(27)23-14-20(26)24-17-5-3-11-22-13-17/h2-13,25H,14H2,1H3,(H,23,27)(H,24,26). The van der Waals surface area contributed by atoms with Gasteiger partial charge in [0.05, 0.1) is 30.4 Å². The van der Waals surface area contributed by atoms with Gasteiger partial charge in [0.15, 0.2) is 0 Å². The summed E-state index contributed by atoms with van der Waals surface area (Å²) in [4.78, 5) is 28.1. The van der Waals surface area contributed by atoms with E-state index in [9.17, 15) is 18.0 Å². The highest BCUT2D eigenvalue weighted by Crippen LogP contribution is 2.20. The molecule has 0 aliphatic rings. The summed E-state index contributed by atoms with van der Waals surface area (Å²) in [5, 5.41) is 5.05. The SMILES string of the molecule is COc1ccc(NS(=O)(=O)c2cccc(C(=O)NCC(=O)Nc3cccnc3)c2)cc1. The van der Waals surface area contributed by atoms with Crippen molar-refractivity contribution in [3.63, 3.8) is 0 Å². The van der Waals surface area contributed by atoms with Gasteiger partial charge in [-0.15, -0.1) is 0 Å². The molecule has 9 nitrogen and oxygen atoms in total. The van der Waals surface area contributed by atoms with Crippen LogP contribution in [0.2, 0.25) is 0 Å². The van der Waals surface area contributed by atoms with E-state index in [1.54, 1.807) is 42.6 Å². The first-order valence-corrected chi connectivity index (χ1v) is 10.6. The van der Waals surface area contributed by atoms with Gasteiger partial charge in [-0.2, -0.15) is 0 Å². The number of nitrogens with zero attached hydrogens (tertiary/aromatic N) is 1. The first-order valence-electron chi connectivity index (χ1n) is 9.12. The maximum Gasteiger partial charge on any atom is 0.261 e. The third-order valence-electron chi connectivity index (χ3n) is 4.10. The Labute approximate surface area is 179 Å². The predicted octanol–water partition coefficient (Wildman–Crippen LogP) is 2.26. The topological polar surface area (TPSA) is 126 Å². The van der Waals surface area contributed by atoms with Crippen molar-refractivity contribution in [2.75, 3.05) is 23.7 Å². The average Bonchev–Trinajstić information content (AvgIpc) is 2.78. The number of rotatable bonds is 8. The van der Waals surface area contributed by atoms with Crippen LogP contribution in [-0.4, -0.2) is 38.9 Å². The zero-order chi connectivity index (χ0) is 22.3. The minimum atomic E-state index is -3.92. The van der Waals surface area contributed by atoms with Gasteiger partial charge >= 0.3 is 0 Å². The fourth-order valence-electron chi connectivity index (χ4n) is 2.58. The van der Waals surface area contributed by atoms with E-state index in [0.29, 0.717) is 17.1 Å². The monoisotopic (exact) mass is 440 g/mol. The molecule has 0 atom stereocenters. The summed E-state index contributed by atoms with van der Waals surface area (Å²) in [7, 11) is -2.41. The summed E-state index contributed by atoms with van der Waals surface area (Å²) in [6.07, 6.45) is 3.05. The molecule has 3 aromatic rings. The van der Waals surface area contributed by atoms with E-state index >= 15 is 0 Å². The zero-order valence-electron chi connectivity index (χ0n) is 16.5. The Bertz CT molecular complexity index is 1170. The van der Waals surface area contributed by atoms with Crippen LogP contribution < -0.4 is 20.1 Å². The second-order valence-corrected chi connectivity index (χ2v) is 8.02. The van der Waals surface area contributed by atoms with E-state index in [0.717, 1.165) is 0 Å². The lowest BCUT2D eigenvalue weighted by Crippen LogP contribution is -2.33. The van der Waals surface area contributed by atoms with Crippen LogP contribution in [0.25, 0.3) is 0 Å². The van der Waals surface area contributed by atoms with Gasteiger partial charge in [-0.25, -0.2) is 8.42 Å². The molecule has 0 aliphatic heterocycles. The molecule has 1 aromatic heterocycles. The molecule has 0 bridgehead atoms. The van der Waals surface area contributed by atoms with Crippen molar-refractivity contribution in [1.29, 1.82) is 0 Å². The molecule has 0 spiro atoms. The molecule has 3 rings (SSSR count). The van der Waals surface area contributed by atoms with Crippen LogP contribution in [-0.2, 0) is 14.8 Å². The van der Waals surface area contributed by atoms with Crippen LogP contribution >= 0.6 is 0 Å². The molecule has 0 fully saturated rings. The van der Waals surface area contributed by atoms with E-state index < -0.39 is 21.8 Å². The number of pyridine rings is 1. The van der Waals surface area contributed by atoms with E-state index in [-0.39, 0.29) is 17.0 Å². The Kier molecular flexibility index (Phi) is 6.83. The fraction of sp³-hybridized carbons (Fsp3) is 0.0952. The molecule has 0 aliphatic carbocycles. The quantitative estimate of drug-likeness (QED) is 0.493. The number of sulfonamides is 1. The summed E-state index contributed by atoms with van der Waals surface area (Å²) in [5.41, 5.74) is 0.953. The van der Waals surface area contributed by atoms with Crippen molar-refractivity contribution in [3.05, 3.63) is 78.6 Å². The van der Waals surface area contributed by atoms with Crippen LogP contribution in [0.4, 0.5) is 11.4 Å². The van der Waals surface area contributed by atoms with Gasteiger partial charge in [-0.1, -0.05) is 6.07 Å². The van der Waals surface area contributed by atoms with Crippen molar-refractivity contribution in [2.45, 2.75) is 4.90 Å². The Morgan fingerprint density at radius 1 is 1.00 bits per heavy atom. The lowest BCUT2D eigenvalue weighted by atomic mass is 10.2. The lowest BCUT2D eigenvalue weighted by Gasteiger charge is -2.10. The van der Waals surface area contributed by atoms with Crippen molar-refractivity contribution in [2.24, 2.45) is 0 Å². The van der Waals surface area contributed by atoms with Gasteiger partial charge in [0.25, 0.3) is 15.9 Å². The summed E-state index contributed by atoms with van der Waals surface area (Å²) >= 11 is 0. The molecule has 10 heteroatoms. The van der Waals surface area contributed by atoms with Gasteiger partial charge < -0.3 is 15.4 Å². The highest BCUT2D eigenvalue weighted by molar-refractivity contribution is 7.92. The molecule has 0 unspecified atom stereocenters. The third kappa shape index (κ3) is 6.03. The number of hydrogen-bond donors (Lipinski definition) is 3. The Morgan fingerprint density at radius 3 is 2.45 bits per heavy atom. The van der Waals surface area contributed by atoms with Gasteiger partial charge in [0, 0.05) is 17.4 Å². The van der Waals surface area contributed by atoms with Crippen molar-refractivity contribution in [3.8, 4) is 5.75 Å². The molecular formula is C21H20N4O5S. The summed E-state index contributed by atoms with van der Waals surface area (Å²) in [6.45, 7) is -0.283. The zero-order valence-corrected chi connectivity index (χ0v) is 17.3. The first kappa shape index (κ1) is 21.8. The minimum absolute atomic E-state index is 0.0872. The van der Waals surface area contributed by atoms with Gasteiger partial charge in [0.1, 0.15) is 5.75 Å². The normalized spacial score (nSPS) is 10.7. The van der Waals surface area contributed by atoms with E-state index in [1.807, 2.05) is 0 Å². The summed E-state index contributed by atoms with van der Waals surface area (Å²) in [6, 6.07) is 15.2. The molecule has 1 heterocycles. The lowest BCUT2D eigenvalue weighted by molar-refractivity contribution is -0.115. The molecule has 0 radical (unpaired) electrons. The fourth-order valence-corrected chi connectivity index (χ4v) is 3.69. The second kappa shape index (κ2) is 9.72. The van der Waals surface area contributed by atoms with Crippen LogP contribution in [0.1, 0.15) is 10.4 Å². The number of nitrogens with one attached hydrogen (secondary N) is 3. The molecule has 0 saturated carbocycles. The molecule has 3 N–H and O–H groups in total. The number of hydrogen-bond acceptors (Lipinski definition) is 6. The molecule has 31 heavy (non-hydrogen) atoms. The van der Waals surface area contributed by atoms with E-state index in [4.69, 9.17) is 4.74 Å². The Balaban J connectivity index is 1.64. The van der Waals surface area contributed by atoms with E-state index in [2.05, 4.69) is 20.3 Å². The number of aromatic nitrogens is 1. The average molecular weight is 440 g/mol. The van der Waals surface area contributed by atoms with Crippen LogP contribution in [0, 0.1) is 0 Å². The molecule has 2 amide bonds. The number of carbonyl (C=O) groups is 2. The highest BCUT2D eigenvalue weighted by Gasteiger charge is 2.17. The largest absolute Gasteiger partial charge is 0.497 e.